The molecule has 1 heterocycles. The number of rotatable bonds is 3. The second-order valence-corrected chi connectivity index (χ2v) is 8.30. The summed E-state index contributed by atoms with van der Waals surface area (Å²) in [4.78, 5) is 13.0. The van der Waals surface area contributed by atoms with Crippen LogP contribution in [-0.2, 0) is 9.53 Å². The van der Waals surface area contributed by atoms with Gasteiger partial charge in [-0.1, -0.05) is 13.8 Å². The van der Waals surface area contributed by atoms with E-state index in [1.165, 1.54) is 7.11 Å². The Kier molecular flexibility index (Phi) is 4.96. The molecule has 0 spiro atoms. The number of allylic oxidation sites excluding steroid dienone is 3. The van der Waals surface area contributed by atoms with Crippen molar-refractivity contribution in [3.8, 4) is 17.6 Å². The molecule has 27 heavy (non-hydrogen) atoms. The first-order valence-corrected chi connectivity index (χ1v) is 9.27. The van der Waals surface area contributed by atoms with Gasteiger partial charge in [0.25, 0.3) is 0 Å². The summed E-state index contributed by atoms with van der Waals surface area (Å²) in [6.45, 7) is 4.03. The fourth-order valence-electron chi connectivity index (χ4n) is 3.72. The van der Waals surface area contributed by atoms with Gasteiger partial charge < -0.3 is 19.9 Å². The van der Waals surface area contributed by atoms with Gasteiger partial charge in [0.05, 0.1) is 24.6 Å². The van der Waals surface area contributed by atoms with Gasteiger partial charge in [0, 0.05) is 18.4 Å². The van der Waals surface area contributed by atoms with E-state index < -0.39 is 5.92 Å². The predicted octanol–water partition coefficient (Wildman–Crippen LogP) is 3.92. The number of halogens is 1. The van der Waals surface area contributed by atoms with E-state index in [1.807, 2.05) is 19.9 Å². The monoisotopic (exact) mass is 432 g/mol. The zero-order valence-corrected chi connectivity index (χ0v) is 17.3. The molecule has 0 bridgehead atoms. The van der Waals surface area contributed by atoms with Crippen LogP contribution in [-0.4, -0.2) is 20.0 Å². The Morgan fingerprint density at radius 3 is 2.59 bits per heavy atom. The maximum atomic E-state index is 13.0. The highest BCUT2D eigenvalue weighted by Crippen LogP contribution is 2.49. The molecule has 1 aromatic carbocycles. The second kappa shape index (κ2) is 6.93. The minimum atomic E-state index is -0.599. The van der Waals surface area contributed by atoms with Crippen molar-refractivity contribution in [2.24, 2.45) is 11.1 Å². The van der Waals surface area contributed by atoms with E-state index in [2.05, 4.69) is 22.0 Å². The molecule has 0 fully saturated rings. The molecule has 2 aliphatic rings. The molecule has 1 aliphatic carbocycles. The van der Waals surface area contributed by atoms with Crippen molar-refractivity contribution in [2.45, 2.75) is 32.6 Å². The Labute approximate surface area is 166 Å². The van der Waals surface area contributed by atoms with Crippen molar-refractivity contribution in [3.63, 3.8) is 0 Å². The summed E-state index contributed by atoms with van der Waals surface area (Å²) < 4.78 is 17.2. The smallest absolute Gasteiger partial charge is 0.205 e. The Hall–Kier alpha value is -2.46. The van der Waals surface area contributed by atoms with Crippen LogP contribution in [0.5, 0.6) is 11.5 Å². The molecule has 1 atom stereocenters. The molecule has 3 rings (SSSR count). The highest BCUT2D eigenvalue weighted by Gasteiger charge is 2.43. The van der Waals surface area contributed by atoms with Crippen molar-refractivity contribution < 1.29 is 19.0 Å². The SMILES string of the molecule is COc1cc(C2C(C#N)=C(N)OC3=C2C(=O)CC(C)(C)C3)cc(Br)c1OC. The molecule has 0 saturated heterocycles. The first-order chi connectivity index (χ1) is 12.7. The Morgan fingerprint density at radius 1 is 1.30 bits per heavy atom. The van der Waals surface area contributed by atoms with Crippen molar-refractivity contribution in [1.29, 1.82) is 5.26 Å². The van der Waals surface area contributed by atoms with E-state index in [0.29, 0.717) is 45.7 Å². The molecule has 0 amide bonds. The number of Topliss-reactive ketones (excluding diaryl/α,β-unsaturated/α-hetero) is 1. The van der Waals surface area contributed by atoms with Gasteiger partial charge in [-0.15, -0.1) is 0 Å². The number of hydrogen-bond donors (Lipinski definition) is 1. The third kappa shape index (κ3) is 3.30. The summed E-state index contributed by atoms with van der Waals surface area (Å²) in [6, 6.07) is 5.70. The fourth-order valence-corrected chi connectivity index (χ4v) is 4.34. The van der Waals surface area contributed by atoms with Gasteiger partial charge in [-0.2, -0.15) is 5.26 Å². The first kappa shape index (κ1) is 19.3. The van der Waals surface area contributed by atoms with Crippen LogP contribution in [0.2, 0.25) is 0 Å². The molecule has 1 aromatic rings. The van der Waals surface area contributed by atoms with Crippen molar-refractivity contribution in [3.05, 3.63) is 45.0 Å². The van der Waals surface area contributed by atoms with Crippen LogP contribution in [0, 0.1) is 16.7 Å². The van der Waals surface area contributed by atoms with E-state index >= 15 is 0 Å². The maximum Gasteiger partial charge on any atom is 0.205 e. The summed E-state index contributed by atoms with van der Waals surface area (Å²) in [6.07, 6.45) is 0.969. The molecule has 142 valence electrons. The normalized spacial score (nSPS) is 21.3. The zero-order valence-electron chi connectivity index (χ0n) is 15.7. The number of nitrogens with zero attached hydrogens (tertiary/aromatic N) is 1. The molecule has 0 aromatic heterocycles. The van der Waals surface area contributed by atoms with Crippen LogP contribution >= 0.6 is 15.9 Å². The molecule has 7 heteroatoms. The number of nitrogens with two attached hydrogens (primary N) is 1. The number of benzene rings is 1. The second-order valence-electron chi connectivity index (χ2n) is 7.44. The number of methoxy groups -OCH3 is 2. The molecule has 0 radical (unpaired) electrons. The summed E-state index contributed by atoms with van der Waals surface area (Å²) in [5.41, 5.74) is 7.26. The van der Waals surface area contributed by atoms with E-state index in [-0.39, 0.29) is 22.7 Å². The number of nitriles is 1. The van der Waals surface area contributed by atoms with Gasteiger partial charge in [-0.25, -0.2) is 0 Å². The molecular formula is C20H21BrN2O4. The summed E-state index contributed by atoms with van der Waals surface area (Å²) in [5, 5.41) is 9.70. The zero-order chi connectivity index (χ0) is 19.9. The van der Waals surface area contributed by atoms with Crippen molar-refractivity contribution in [1.82, 2.24) is 0 Å². The Bertz CT molecular complexity index is 925. The van der Waals surface area contributed by atoms with Gasteiger partial charge in [-0.3, -0.25) is 4.79 Å². The largest absolute Gasteiger partial charge is 0.493 e. The topological polar surface area (TPSA) is 94.6 Å². The first-order valence-electron chi connectivity index (χ1n) is 8.47. The molecule has 6 nitrogen and oxygen atoms in total. The van der Waals surface area contributed by atoms with Crippen LogP contribution in [0.4, 0.5) is 0 Å². The minimum absolute atomic E-state index is 0.0302. The standard InChI is InChI=1S/C20H21BrN2O4/c1-20(2)7-13(24)17-15(8-20)27-19(23)11(9-22)16(17)10-5-12(21)18(26-4)14(6-10)25-3/h5-6,16H,7-8,23H2,1-4H3. The number of ketones is 1. The van der Waals surface area contributed by atoms with Gasteiger partial charge in [-0.05, 0) is 39.0 Å². The van der Waals surface area contributed by atoms with Gasteiger partial charge in [0.15, 0.2) is 17.3 Å². The van der Waals surface area contributed by atoms with Crippen LogP contribution < -0.4 is 15.2 Å². The average Bonchev–Trinajstić information content (AvgIpc) is 2.58. The number of hydrogen-bond acceptors (Lipinski definition) is 6. The van der Waals surface area contributed by atoms with Crippen molar-refractivity contribution >= 4 is 21.7 Å². The quantitative estimate of drug-likeness (QED) is 0.777. The van der Waals surface area contributed by atoms with E-state index in [4.69, 9.17) is 19.9 Å². The van der Waals surface area contributed by atoms with Gasteiger partial charge >= 0.3 is 0 Å². The predicted molar refractivity (Wildman–Crippen MR) is 103 cm³/mol. The molecule has 1 unspecified atom stereocenters. The van der Waals surface area contributed by atoms with Gasteiger partial charge in [0.2, 0.25) is 5.88 Å². The molecule has 1 aliphatic heterocycles. The minimum Gasteiger partial charge on any atom is -0.493 e. The summed E-state index contributed by atoms with van der Waals surface area (Å²) in [7, 11) is 3.08. The maximum absolute atomic E-state index is 13.0. The summed E-state index contributed by atoms with van der Waals surface area (Å²) >= 11 is 3.48. The van der Waals surface area contributed by atoms with Crippen molar-refractivity contribution in [2.75, 3.05) is 14.2 Å². The lowest BCUT2D eigenvalue weighted by Crippen LogP contribution is -2.33. The average molecular weight is 433 g/mol. The van der Waals surface area contributed by atoms with E-state index in [1.54, 1.807) is 13.2 Å². The molecule has 2 N–H and O–H groups in total. The molecule has 0 saturated carbocycles. The van der Waals surface area contributed by atoms with E-state index in [0.717, 1.165) is 0 Å². The number of carbonyl (C=O) groups excluding carboxylic acids is 1. The Morgan fingerprint density at radius 2 is 2.00 bits per heavy atom. The van der Waals surface area contributed by atoms with E-state index in [9.17, 15) is 10.1 Å². The lowest BCUT2D eigenvalue weighted by atomic mass is 9.70. The third-order valence-electron chi connectivity index (χ3n) is 4.86. The Balaban J connectivity index is 2.23. The lowest BCUT2D eigenvalue weighted by molar-refractivity contribution is -0.119. The highest BCUT2D eigenvalue weighted by atomic mass is 79.9. The van der Waals surface area contributed by atoms with Gasteiger partial charge in [0.1, 0.15) is 17.4 Å². The number of ether oxygens (including phenoxy) is 3. The highest BCUT2D eigenvalue weighted by molar-refractivity contribution is 9.10. The van der Waals surface area contributed by atoms with Crippen LogP contribution in [0.3, 0.4) is 0 Å². The molecular weight excluding hydrogens is 412 g/mol. The van der Waals surface area contributed by atoms with Crippen LogP contribution in [0.25, 0.3) is 0 Å². The van der Waals surface area contributed by atoms with Crippen LogP contribution in [0.15, 0.2) is 39.4 Å². The fraction of sp³-hybridized carbons (Fsp3) is 0.400. The van der Waals surface area contributed by atoms with Crippen LogP contribution in [0.1, 0.15) is 38.2 Å². The third-order valence-corrected chi connectivity index (χ3v) is 5.45. The number of carbonyl (C=O) groups is 1. The summed E-state index contributed by atoms with van der Waals surface area (Å²) in [5.74, 6) is 0.987. The lowest BCUT2D eigenvalue weighted by Gasteiger charge is -2.37.